The number of ether oxygens (including phenoxy) is 1. The lowest BCUT2D eigenvalue weighted by molar-refractivity contribution is 0.0221. The number of likely N-dealkylation sites (tertiary alicyclic amines) is 1. The van der Waals surface area contributed by atoms with Crippen LogP contribution in [0.2, 0.25) is 0 Å². The molecule has 2 atom stereocenters. The van der Waals surface area contributed by atoms with E-state index in [1.807, 2.05) is 12.1 Å². The van der Waals surface area contributed by atoms with E-state index in [0.29, 0.717) is 25.8 Å². The van der Waals surface area contributed by atoms with E-state index in [9.17, 15) is 5.11 Å². The van der Waals surface area contributed by atoms with Crippen LogP contribution in [0.15, 0.2) is 22.8 Å². The van der Waals surface area contributed by atoms with Crippen LogP contribution < -0.4 is 5.32 Å². The van der Waals surface area contributed by atoms with Crippen LogP contribution in [-0.4, -0.2) is 54.9 Å². The van der Waals surface area contributed by atoms with Crippen molar-refractivity contribution >= 4 is 0 Å². The van der Waals surface area contributed by atoms with Gasteiger partial charge in [0.05, 0.1) is 19.0 Å². The predicted molar refractivity (Wildman–Crippen MR) is 77.5 cm³/mol. The fraction of sp³-hybridized carbons (Fsp3) is 0.733. The molecule has 0 aromatic carbocycles. The molecule has 0 amide bonds. The van der Waals surface area contributed by atoms with Gasteiger partial charge in [0.15, 0.2) is 0 Å². The molecule has 20 heavy (non-hydrogen) atoms. The summed E-state index contributed by atoms with van der Waals surface area (Å²) >= 11 is 0. The van der Waals surface area contributed by atoms with Crippen molar-refractivity contribution in [2.24, 2.45) is 0 Å². The van der Waals surface area contributed by atoms with Gasteiger partial charge in [-0.05, 0) is 45.0 Å². The summed E-state index contributed by atoms with van der Waals surface area (Å²) in [6.45, 7) is 6.86. The molecule has 0 saturated carbocycles. The number of nitrogens with one attached hydrogen (secondary N) is 1. The van der Waals surface area contributed by atoms with Crippen LogP contribution in [-0.2, 0) is 11.3 Å². The maximum absolute atomic E-state index is 9.82. The number of nitrogens with zero attached hydrogens (tertiary/aromatic N) is 1. The molecule has 2 N–H and O–H groups in total. The first-order valence-electron chi connectivity index (χ1n) is 7.48. The smallest absolute Gasteiger partial charge is 0.129 e. The molecule has 2 heterocycles. The van der Waals surface area contributed by atoms with Gasteiger partial charge in [-0.25, -0.2) is 0 Å². The monoisotopic (exact) mass is 282 g/mol. The molecular weight excluding hydrogens is 256 g/mol. The molecule has 5 nitrogen and oxygen atoms in total. The van der Waals surface area contributed by atoms with E-state index in [1.54, 1.807) is 6.26 Å². The maximum atomic E-state index is 9.82. The van der Waals surface area contributed by atoms with Gasteiger partial charge in [0.2, 0.25) is 0 Å². The Balaban J connectivity index is 1.50. The molecule has 0 radical (unpaired) electrons. The number of aliphatic hydroxyl groups excluding tert-OH is 1. The zero-order valence-corrected chi connectivity index (χ0v) is 12.3. The quantitative estimate of drug-likeness (QED) is 0.713. The Bertz CT molecular complexity index is 350. The first kappa shape index (κ1) is 15.5. The van der Waals surface area contributed by atoms with Gasteiger partial charge in [-0.1, -0.05) is 0 Å². The average molecular weight is 282 g/mol. The first-order valence-corrected chi connectivity index (χ1v) is 7.48. The zero-order valence-electron chi connectivity index (χ0n) is 12.3. The van der Waals surface area contributed by atoms with Crippen molar-refractivity contribution in [2.75, 3.05) is 32.8 Å². The minimum atomic E-state index is -0.476. The Kier molecular flexibility index (Phi) is 6.53. The third-order valence-corrected chi connectivity index (χ3v) is 3.72. The number of furan rings is 1. The van der Waals surface area contributed by atoms with Gasteiger partial charge in [0.1, 0.15) is 12.4 Å². The van der Waals surface area contributed by atoms with Crippen LogP contribution in [0.25, 0.3) is 0 Å². The highest BCUT2D eigenvalue weighted by Crippen LogP contribution is 2.10. The van der Waals surface area contributed by atoms with Crippen molar-refractivity contribution < 1.29 is 14.3 Å². The summed E-state index contributed by atoms with van der Waals surface area (Å²) in [4.78, 5) is 2.49. The van der Waals surface area contributed by atoms with E-state index in [0.717, 1.165) is 12.3 Å². The molecule has 1 saturated heterocycles. The summed E-state index contributed by atoms with van der Waals surface area (Å²) in [7, 11) is 0. The fourth-order valence-corrected chi connectivity index (χ4v) is 2.52. The summed E-state index contributed by atoms with van der Waals surface area (Å²) in [6.07, 6.45) is 3.77. The minimum Gasteiger partial charge on any atom is -0.467 e. The molecule has 1 aliphatic heterocycles. The molecular formula is C15H26N2O3. The third-order valence-electron chi connectivity index (χ3n) is 3.72. The van der Waals surface area contributed by atoms with E-state index >= 15 is 0 Å². The number of rotatable bonds is 9. The SMILES string of the molecule is CC(CNCC(O)COCc1ccco1)N1CCCC1. The number of aliphatic hydroxyl groups is 1. The molecule has 1 aliphatic rings. The Morgan fingerprint density at radius 1 is 1.40 bits per heavy atom. The standard InChI is InChI=1S/C15H26N2O3/c1-13(17-6-2-3-7-17)9-16-10-14(18)11-19-12-15-5-4-8-20-15/h4-5,8,13-14,16,18H,2-3,6-7,9-12H2,1H3. The summed E-state index contributed by atoms with van der Waals surface area (Å²) < 4.78 is 10.6. The van der Waals surface area contributed by atoms with E-state index in [4.69, 9.17) is 9.15 Å². The van der Waals surface area contributed by atoms with Crippen LogP contribution in [0.1, 0.15) is 25.5 Å². The molecule has 2 unspecified atom stereocenters. The van der Waals surface area contributed by atoms with Crippen molar-refractivity contribution in [3.8, 4) is 0 Å². The Morgan fingerprint density at radius 2 is 2.20 bits per heavy atom. The lowest BCUT2D eigenvalue weighted by Crippen LogP contribution is -2.41. The highest BCUT2D eigenvalue weighted by atomic mass is 16.5. The van der Waals surface area contributed by atoms with Crippen LogP contribution in [0, 0.1) is 0 Å². The Labute approximate surface area is 120 Å². The largest absolute Gasteiger partial charge is 0.467 e. The predicted octanol–water partition coefficient (Wildman–Crippen LogP) is 1.23. The van der Waals surface area contributed by atoms with Crippen molar-refractivity contribution in [2.45, 2.75) is 38.5 Å². The van der Waals surface area contributed by atoms with Crippen LogP contribution >= 0.6 is 0 Å². The van der Waals surface area contributed by atoms with Gasteiger partial charge >= 0.3 is 0 Å². The topological polar surface area (TPSA) is 57.9 Å². The van der Waals surface area contributed by atoms with Crippen molar-refractivity contribution in [3.63, 3.8) is 0 Å². The number of hydrogen-bond acceptors (Lipinski definition) is 5. The van der Waals surface area contributed by atoms with Gasteiger partial charge in [-0.3, -0.25) is 4.90 Å². The second-order valence-electron chi connectivity index (χ2n) is 5.50. The summed E-state index contributed by atoms with van der Waals surface area (Å²) in [6, 6.07) is 4.23. The molecule has 1 fully saturated rings. The van der Waals surface area contributed by atoms with Crippen LogP contribution in [0.3, 0.4) is 0 Å². The summed E-state index contributed by atoms with van der Waals surface area (Å²) in [5.74, 6) is 0.785. The van der Waals surface area contributed by atoms with Gasteiger partial charge in [0, 0.05) is 19.1 Å². The lowest BCUT2D eigenvalue weighted by Gasteiger charge is -2.24. The second kappa shape index (κ2) is 8.42. The van der Waals surface area contributed by atoms with Crippen LogP contribution in [0.5, 0.6) is 0 Å². The summed E-state index contributed by atoms with van der Waals surface area (Å²) in [5, 5.41) is 13.1. The molecule has 1 aromatic rings. The molecule has 0 bridgehead atoms. The highest BCUT2D eigenvalue weighted by Gasteiger charge is 2.17. The molecule has 1 aromatic heterocycles. The number of hydrogen-bond donors (Lipinski definition) is 2. The molecule has 2 rings (SSSR count). The Hall–Kier alpha value is -0.880. The van der Waals surface area contributed by atoms with Crippen molar-refractivity contribution in [1.82, 2.24) is 10.2 Å². The second-order valence-corrected chi connectivity index (χ2v) is 5.50. The van der Waals surface area contributed by atoms with Gasteiger partial charge in [0.25, 0.3) is 0 Å². The third kappa shape index (κ3) is 5.25. The average Bonchev–Trinajstić information content (AvgIpc) is 3.12. The van der Waals surface area contributed by atoms with Gasteiger partial charge in [-0.15, -0.1) is 0 Å². The molecule has 0 spiro atoms. The lowest BCUT2D eigenvalue weighted by atomic mass is 10.3. The van der Waals surface area contributed by atoms with Gasteiger partial charge in [-0.2, -0.15) is 0 Å². The minimum absolute atomic E-state index is 0.325. The van der Waals surface area contributed by atoms with Crippen molar-refractivity contribution in [1.29, 1.82) is 0 Å². The first-order chi connectivity index (χ1) is 9.75. The highest BCUT2D eigenvalue weighted by molar-refractivity contribution is 4.96. The molecule has 114 valence electrons. The fourth-order valence-electron chi connectivity index (χ4n) is 2.52. The van der Waals surface area contributed by atoms with Gasteiger partial charge < -0.3 is 19.6 Å². The molecule has 0 aliphatic carbocycles. The summed E-state index contributed by atoms with van der Waals surface area (Å²) in [5.41, 5.74) is 0. The van der Waals surface area contributed by atoms with Crippen LogP contribution in [0.4, 0.5) is 0 Å². The Morgan fingerprint density at radius 3 is 2.90 bits per heavy atom. The van der Waals surface area contributed by atoms with Crippen molar-refractivity contribution in [3.05, 3.63) is 24.2 Å². The van der Waals surface area contributed by atoms with E-state index < -0.39 is 6.10 Å². The van der Waals surface area contributed by atoms with E-state index in [2.05, 4.69) is 17.1 Å². The van der Waals surface area contributed by atoms with E-state index in [1.165, 1.54) is 25.9 Å². The molecule has 5 heteroatoms. The zero-order chi connectivity index (χ0) is 14.2. The normalized spacial score (nSPS) is 19.3. The maximum Gasteiger partial charge on any atom is 0.129 e. The van der Waals surface area contributed by atoms with E-state index in [-0.39, 0.29) is 0 Å².